The third kappa shape index (κ3) is 5.65. The van der Waals surface area contributed by atoms with Gasteiger partial charge in [-0.2, -0.15) is 13.2 Å². The second kappa shape index (κ2) is 9.68. The minimum absolute atomic E-state index is 0.194. The first-order chi connectivity index (χ1) is 15.9. The van der Waals surface area contributed by atoms with Crippen molar-refractivity contribution >= 4 is 22.8 Å². The van der Waals surface area contributed by atoms with Crippen molar-refractivity contribution in [1.29, 1.82) is 0 Å². The van der Waals surface area contributed by atoms with Crippen molar-refractivity contribution in [2.75, 3.05) is 18.4 Å². The highest BCUT2D eigenvalue weighted by atomic mass is 19.4. The highest BCUT2D eigenvalue weighted by Crippen LogP contribution is 2.28. The highest BCUT2D eigenvalue weighted by molar-refractivity contribution is 5.94. The van der Waals surface area contributed by atoms with Crippen molar-refractivity contribution in [3.63, 3.8) is 0 Å². The number of hydrogen-bond donors (Lipinski definition) is 2. The van der Waals surface area contributed by atoms with Gasteiger partial charge >= 0.3 is 6.18 Å². The Morgan fingerprint density at radius 1 is 0.970 bits per heavy atom. The fourth-order valence-corrected chi connectivity index (χ4v) is 3.24. The number of anilines is 1. The van der Waals surface area contributed by atoms with Crippen molar-refractivity contribution in [3.8, 4) is 0 Å². The standard InChI is InChI=1S/C23H21F3N6O/c24-23(25,26)18-10-11-21(29-14-18)27-12-3-13-28-22(33)17-8-6-16(7-9-17)15-32-20-5-2-1-4-19(20)30-31-32/h1-2,4-11,14H,3,12-13,15H2,(H,27,29)(H,28,33). The van der Waals surface area contributed by atoms with Crippen LogP contribution in [0.4, 0.5) is 19.0 Å². The predicted octanol–water partition coefficient (Wildman–Crippen LogP) is 4.13. The maximum absolute atomic E-state index is 12.5. The SMILES string of the molecule is O=C(NCCCNc1ccc(C(F)(F)F)cn1)c1ccc(Cn2nnc3ccccc32)cc1. The van der Waals surface area contributed by atoms with Gasteiger partial charge in [-0.25, -0.2) is 9.67 Å². The van der Waals surface area contributed by atoms with Gasteiger partial charge in [0.15, 0.2) is 0 Å². The fourth-order valence-electron chi connectivity index (χ4n) is 3.24. The number of alkyl halides is 3. The van der Waals surface area contributed by atoms with Crippen LogP contribution in [0, 0.1) is 0 Å². The van der Waals surface area contributed by atoms with Crippen LogP contribution >= 0.6 is 0 Å². The van der Waals surface area contributed by atoms with Gasteiger partial charge < -0.3 is 10.6 Å². The van der Waals surface area contributed by atoms with Crippen molar-refractivity contribution < 1.29 is 18.0 Å². The lowest BCUT2D eigenvalue weighted by Crippen LogP contribution is -2.25. The van der Waals surface area contributed by atoms with Gasteiger partial charge in [0.25, 0.3) is 5.91 Å². The third-order valence-electron chi connectivity index (χ3n) is 5.00. The second-order valence-corrected chi connectivity index (χ2v) is 7.40. The van der Waals surface area contributed by atoms with Crippen molar-refractivity contribution in [2.24, 2.45) is 0 Å². The van der Waals surface area contributed by atoms with Crippen LogP contribution in [0.2, 0.25) is 0 Å². The van der Waals surface area contributed by atoms with E-state index in [4.69, 9.17) is 0 Å². The zero-order chi connectivity index (χ0) is 23.3. The van der Waals surface area contributed by atoms with Crippen LogP contribution in [0.3, 0.4) is 0 Å². The number of para-hydroxylation sites is 1. The Morgan fingerprint density at radius 3 is 2.48 bits per heavy atom. The first-order valence-electron chi connectivity index (χ1n) is 10.3. The molecule has 0 fully saturated rings. The Kier molecular flexibility index (Phi) is 6.53. The van der Waals surface area contributed by atoms with Crippen LogP contribution in [-0.2, 0) is 12.7 Å². The van der Waals surface area contributed by atoms with Crippen molar-refractivity contribution in [1.82, 2.24) is 25.3 Å². The van der Waals surface area contributed by atoms with Gasteiger partial charge in [0.2, 0.25) is 0 Å². The van der Waals surface area contributed by atoms with E-state index in [0.717, 1.165) is 28.9 Å². The quantitative estimate of drug-likeness (QED) is 0.391. The van der Waals surface area contributed by atoms with Crippen LogP contribution in [0.5, 0.6) is 0 Å². The molecule has 2 aromatic carbocycles. The fraction of sp³-hybridized carbons (Fsp3) is 0.217. The van der Waals surface area contributed by atoms with E-state index in [9.17, 15) is 18.0 Å². The molecule has 4 aromatic rings. The minimum atomic E-state index is -4.40. The molecule has 0 spiro atoms. The molecule has 0 bridgehead atoms. The van der Waals surface area contributed by atoms with Crippen LogP contribution in [0.1, 0.15) is 27.9 Å². The molecule has 0 unspecified atom stereocenters. The highest BCUT2D eigenvalue weighted by Gasteiger charge is 2.30. The maximum Gasteiger partial charge on any atom is 0.417 e. The van der Waals surface area contributed by atoms with E-state index in [1.54, 1.807) is 12.1 Å². The van der Waals surface area contributed by atoms with E-state index < -0.39 is 11.7 Å². The largest absolute Gasteiger partial charge is 0.417 e. The Morgan fingerprint density at radius 2 is 1.76 bits per heavy atom. The Balaban J connectivity index is 1.21. The van der Waals surface area contributed by atoms with E-state index in [1.807, 2.05) is 41.1 Å². The molecule has 170 valence electrons. The normalized spacial score (nSPS) is 11.5. The molecule has 10 heteroatoms. The molecule has 0 aliphatic carbocycles. The monoisotopic (exact) mass is 454 g/mol. The molecule has 0 saturated carbocycles. The second-order valence-electron chi connectivity index (χ2n) is 7.40. The van der Waals surface area contributed by atoms with Gasteiger partial charge in [0.1, 0.15) is 11.3 Å². The van der Waals surface area contributed by atoms with Crippen molar-refractivity contribution in [2.45, 2.75) is 19.1 Å². The number of aromatic nitrogens is 4. The lowest BCUT2D eigenvalue weighted by Gasteiger charge is -2.09. The van der Waals surface area contributed by atoms with Gasteiger partial charge in [-0.15, -0.1) is 5.10 Å². The molecule has 2 N–H and O–H groups in total. The molecular weight excluding hydrogens is 433 g/mol. The van der Waals surface area contributed by atoms with E-state index in [-0.39, 0.29) is 5.91 Å². The van der Waals surface area contributed by atoms with E-state index >= 15 is 0 Å². The smallest absolute Gasteiger partial charge is 0.370 e. The summed E-state index contributed by atoms with van der Waals surface area (Å²) in [6, 6.07) is 17.2. The molecule has 0 radical (unpaired) electrons. The molecule has 7 nitrogen and oxygen atoms in total. The number of benzene rings is 2. The van der Waals surface area contributed by atoms with Gasteiger partial charge in [0.05, 0.1) is 17.6 Å². The lowest BCUT2D eigenvalue weighted by molar-refractivity contribution is -0.137. The molecule has 2 aromatic heterocycles. The number of fused-ring (bicyclic) bond motifs is 1. The molecule has 0 saturated heterocycles. The molecule has 33 heavy (non-hydrogen) atoms. The van der Waals surface area contributed by atoms with Gasteiger partial charge in [-0.05, 0) is 48.4 Å². The molecule has 1 amide bonds. The third-order valence-corrected chi connectivity index (χ3v) is 5.00. The number of nitrogens with zero attached hydrogens (tertiary/aromatic N) is 4. The maximum atomic E-state index is 12.5. The number of carbonyl (C=O) groups excluding carboxylic acids is 1. The average Bonchev–Trinajstić information content (AvgIpc) is 3.22. The summed E-state index contributed by atoms with van der Waals surface area (Å²) in [5.74, 6) is 0.158. The summed E-state index contributed by atoms with van der Waals surface area (Å²) in [5, 5.41) is 14.1. The Bertz CT molecular complexity index is 1220. The number of nitrogens with one attached hydrogen (secondary N) is 2. The summed E-state index contributed by atoms with van der Waals surface area (Å²) < 4.78 is 39.4. The zero-order valence-electron chi connectivity index (χ0n) is 17.5. The number of carbonyl (C=O) groups is 1. The minimum Gasteiger partial charge on any atom is -0.370 e. The molecular formula is C23H21F3N6O. The van der Waals surface area contributed by atoms with E-state index in [0.29, 0.717) is 37.4 Å². The number of rotatable bonds is 8. The Hall–Kier alpha value is -3.95. The van der Waals surface area contributed by atoms with Gasteiger partial charge in [0, 0.05) is 24.8 Å². The van der Waals surface area contributed by atoms with Crippen LogP contribution < -0.4 is 10.6 Å². The summed E-state index contributed by atoms with van der Waals surface area (Å²) >= 11 is 0. The van der Waals surface area contributed by atoms with Crippen LogP contribution in [-0.4, -0.2) is 39.0 Å². The number of pyridine rings is 1. The molecule has 2 heterocycles. The Labute approximate surface area is 187 Å². The number of halogens is 3. The number of hydrogen-bond acceptors (Lipinski definition) is 5. The van der Waals surface area contributed by atoms with Gasteiger partial charge in [-0.3, -0.25) is 4.79 Å². The predicted molar refractivity (Wildman–Crippen MR) is 118 cm³/mol. The molecule has 0 aliphatic rings. The lowest BCUT2D eigenvalue weighted by atomic mass is 10.1. The average molecular weight is 454 g/mol. The van der Waals surface area contributed by atoms with E-state index in [2.05, 4.69) is 25.9 Å². The van der Waals surface area contributed by atoms with Crippen LogP contribution in [0.25, 0.3) is 11.0 Å². The zero-order valence-corrected chi connectivity index (χ0v) is 17.5. The van der Waals surface area contributed by atoms with E-state index in [1.165, 1.54) is 6.07 Å². The first kappa shape index (κ1) is 22.3. The molecule has 0 atom stereocenters. The first-order valence-corrected chi connectivity index (χ1v) is 10.3. The summed E-state index contributed by atoms with van der Waals surface area (Å²) in [7, 11) is 0. The number of amides is 1. The topological polar surface area (TPSA) is 84.7 Å². The van der Waals surface area contributed by atoms with Crippen molar-refractivity contribution in [3.05, 3.63) is 83.6 Å². The molecule has 0 aliphatic heterocycles. The summed E-state index contributed by atoms with van der Waals surface area (Å²) in [5.41, 5.74) is 2.52. The summed E-state index contributed by atoms with van der Waals surface area (Å²) in [6.45, 7) is 1.43. The summed E-state index contributed by atoms with van der Waals surface area (Å²) in [4.78, 5) is 16.1. The van der Waals surface area contributed by atoms with Crippen LogP contribution in [0.15, 0.2) is 66.9 Å². The summed E-state index contributed by atoms with van der Waals surface area (Å²) in [6.07, 6.45) is -3.02. The van der Waals surface area contributed by atoms with Gasteiger partial charge in [-0.1, -0.05) is 29.5 Å². The molecule has 4 rings (SSSR count).